The summed E-state index contributed by atoms with van der Waals surface area (Å²) in [4.78, 5) is 24.2. The molecule has 0 N–H and O–H groups in total. The first-order valence-electron chi connectivity index (χ1n) is 8.64. The van der Waals surface area contributed by atoms with E-state index in [1.165, 1.54) is 28.6 Å². The molecular weight excluding hydrogens is 440 g/mol. The molecule has 2 aliphatic carbocycles. The average molecular weight is 457 g/mol. The molecule has 0 aromatic carbocycles. The van der Waals surface area contributed by atoms with Crippen LogP contribution in [0.2, 0.25) is 0 Å². The third-order valence-electron chi connectivity index (χ3n) is 4.56. The van der Waals surface area contributed by atoms with Gasteiger partial charge in [-0.25, -0.2) is 9.48 Å². The topological polar surface area (TPSA) is 121 Å². The second-order valence-electron chi connectivity index (χ2n) is 6.40. The molecule has 9 nitrogen and oxygen atoms in total. The number of allylic oxidation sites excluding steroid dienone is 4. The van der Waals surface area contributed by atoms with Crippen LogP contribution in [0.5, 0.6) is 0 Å². The summed E-state index contributed by atoms with van der Waals surface area (Å²) in [6.45, 7) is 1.78. The molecule has 1 unspecified atom stereocenters. The molecule has 0 fully saturated rings. The SMILES string of the molecule is CSc1nnnn1CC1=C(Cl)C(C(=O)OC2=CC(=O)CCC2)=CC(=S(=O)=O)C1C. The summed E-state index contributed by atoms with van der Waals surface area (Å²) in [6.07, 6.45) is 5.73. The Labute approximate surface area is 177 Å². The largest absolute Gasteiger partial charge is 0.427 e. The summed E-state index contributed by atoms with van der Waals surface area (Å²) < 4.78 is 30.3. The summed E-state index contributed by atoms with van der Waals surface area (Å²) in [5, 5.41) is 12.0. The summed E-state index contributed by atoms with van der Waals surface area (Å²) in [7, 11) is -2.57. The average Bonchev–Trinajstić information content (AvgIpc) is 3.12. The number of nitrogens with zero attached hydrogens (tertiary/aromatic N) is 4. The molecule has 1 heterocycles. The lowest BCUT2D eigenvalue weighted by Crippen LogP contribution is -2.25. The molecule has 3 rings (SSSR count). The van der Waals surface area contributed by atoms with Crippen LogP contribution in [0.4, 0.5) is 0 Å². The minimum Gasteiger partial charge on any atom is -0.427 e. The maximum absolute atomic E-state index is 12.7. The predicted molar refractivity (Wildman–Crippen MR) is 107 cm³/mol. The van der Waals surface area contributed by atoms with Crippen LogP contribution in [0.15, 0.2) is 39.2 Å². The third kappa shape index (κ3) is 4.68. The van der Waals surface area contributed by atoms with Gasteiger partial charge < -0.3 is 4.74 Å². The summed E-state index contributed by atoms with van der Waals surface area (Å²) >= 11 is 7.81. The van der Waals surface area contributed by atoms with E-state index in [0.29, 0.717) is 30.0 Å². The van der Waals surface area contributed by atoms with E-state index in [2.05, 4.69) is 15.5 Å². The lowest BCUT2D eigenvalue weighted by Gasteiger charge is -2.23. The Kier molecular flexibility index (Phi) is 6.70. The zero-order valence-electron chi connectivity index (χ0n) is 15.6. The van der Waals surface area contributed by atoms with E-state index in [1.54, 1.807) is 13.2 Å². The number of halogens is 1. The van der Waals surface area contributed by atoms with E-state index in [0.717, 1.165) is 0 Å². The maximum atomic E-state index is 12.7. The van der Waals surface area contributed by atoms with Gasteiger partial charge in [0, 0.05) is 24.8 Å². The summed E-state index contributed by atoms with van der Waals surface area (Å²) in [5.74, 6) is -1.27. The maximum Gasteiger partial charge on any atom is 0.344 e. The molecule has 1 atom stereocenters. The number of hydrogen-bond donors (Lipinski definition) is 0. The van der Waals surface area contributed by atoms with Crippen molar-refractivity contribution in [2.24, 2.45) is 5.92 Å². The van der Waals surface area contributed by atoms with E-state index in [4.69, 9.17) is 16.3 Å². The number of carbonyl (C=O) groups excluding carboxylic acids is 2. The summed E-state index contributed by atoms with van der Waals surface area (Å²) in [5.41, 5.74) is 0.383. The van der Waals surface area contributed by atoms with Crippen LogP contribution in [-0.4, -0.2) is 51.5 Å². The second kappa shape index (κ2) is 9.06. The van der Waals surface area contributed by atoms with Crippen molar-refractivity contribution < 1.29 is 22.7 Å². The van der Waals surface area contributed by atoms with Gasteiger partial charge in [-0.05, 0) is 34.8 Å². The lowest BCUT2D eigenvalue weighted by atomic mass is 9.89. The van der Waals surface area contributed by atoms with E-state index in [1.807, 2.05) is 0 Å². The van der Waals surface area contributed by atoms with Crippen LogP contribution in [0.25, 0.3) is 0 Å². The van der Waals surface area contributed by atoms with Crippen molar-refractivity contribution in [2.45, 2.75) is 37.9 Å². The predicted octanol–water partition coefficient (Wildman–Crippen LogP) is 1.70. The third-order valence-corrected chi connectivity index (χ3v) is 6.52. The number of thioether (sulfide) groups is 1. The highest BCUT2D eigenvalue weighted by atomic mass is 35.5. The number of carbonyl (C=O) groups is 2. The van der Waals surface area contributed by atoms with E-state index < -0.39 is 22.2 Å². The molecule has 0 amide bonds. The van der Waals surface area contributed by atoms with Gasteiger partial charge >= 0.3 is 5.97 Å². The van der Waals surface area contributed by atoms with Gasteiger partial charge in [-0.2, -0.15) is 8.42 Å². The Morgan fingerprint density at radius 2 is 2.14 bits per heavy atom. The quantitative estimate of drug-likeness (QED) is 0.370. The number of ether oxygens (including phenoxy) is 1. The van der Waals surface area contributed by atoms with E-state index >= 15 is 0 Å². The molecule has 0 saturated heterocycles. The van der Waals surface area contributed by atoms with Crippen molar-refractivity contribution in [2.75, 3.05) is 6.26 Å². The Morgan fingerprint density at radius 3 is 2.79 bits per heavy atom. The molecule has 1 aromatic heterocycles. The summed E-state index contributed by atoms with van der Waals surface area (Å²) in [6, 6.07) is 0. The van der Waals surface area contributed by atoms with Gasteiger partial charge in [-0.15, -0.1) is 5.10 Å². The molecule has 0 radical (unpaired) electrons. The Hall–Kier alpha value is -2.24. The van der Waals surface area contributed by atoms with Crippen molar-refractivity contribution in [3.05, 3.63) is 34.1 Å². The first-order valence-corrected chi connectivity index (χ1v) is 11.3. The van der Waals surface area contributed by atoms with Gasteiger partial charge in [0.15, 0.2) is 5.78 Å². The zero-order chi connectivity index (χ0) is 21.1. The van der Waals surface area contributed by atoms with Crippen molar-refractivity contribution in [3.8, 4) is 0 Å². The van der Waals surface area contributed by atoms with Gasteiger partial charge in [0.25, 0.3) is 0 Å². The van der Waals surface area contributed by atoms with Gasteiger partial charge in [-0.1, -0.05) is 30.3 Å². The van der Waals surface area contributed by atoms with Crippen LogP contribution in [-0.2, 0) is 31.2 Å². The molecule has 0 saturated carbocycles. The Balaban J connectivity index is 1.98. The number of rotatable bonds is 5. The molecule has 154 valence electrons. The Bertz CT molecular complexity index is 1090. The van der Waals surface area contributed by atoms with Gasteiger partial charge in [0.2, 0.25) is 15.4 Å². The molecule has 12 heteroatoms. The van der Waals surface area contributed by atoms with Gasteiger partial charge in [0.1, 0.15) is 5.76 Å². The fourth-order valence-electron chi connectivity index (χ4n) is 3.03. The van der Waals surface area contributed by atoms with Gasteiger partial charge in [0.05, 0.1) is 22.0 Å². The Morgan fingerprint density at radius 1 is 1.38 bits per heavy atom. The lowest BCUT2D eigenvalue weighted by molar-refractivity contribution is -0.135. The van der Waals surface area contributed by atoms with Crippen molar-refractivity contribution in [3.63, 3.8) is 0 Å². The van der Waals surface area contributed by atoms with Crippen LogP contribution in [0.1, 0.15) is 26.2 Å². The van der Waals surface area contributed by atoms with Gasteiger partial charge in [-0.3, -0.25) is 4.79 Å². The van der Waals surface area contributed by atoms with Crippen LogP contribution in [0, 0.1) is 5.92 Å². The fraction of sp³-hybridized carbons (Fsp3) is 0.412. The fourth-order valence-corrected chi connectivity index (χ4v) is 4.46. The normalized spacial score (nSPS) is 19.8. The molecule has 2 aliphatic rings. The van der Waals surface area contributed by atoms with Crippen molar-refractivity contribution in [1.82, 2.24) is 20.2 Å². The number of tetrazole rings is 1. The molecule has 1 aromatic rings. The van der Waals surface area contributed by atoms with E-state index in [9.17, 15) is 18.0 Å². The van der Waals surface area contributed by atoms with Crippen LogP contribution in [0.3, 0.4) is 0 Å². The second-order valence-corrected chi connectivity index (χ2v) is 8.49. The van der Waals surface area contributed by atoms with Crippen LogP contribution >= 0.6 is 23.4 Å². The highest BCUT2D eigenvalue weighted by Crippen LogP contribution is 2.34. The molecule has 29 heavy (non-hydrogen) atoms. The van der Waals surface area contributed by atoms with Crippen molar-refractivity contribution in [1.29, 1.82) is 0 Å². The first-order chi connectivity index (χ1) is 13.8. The highest BCUT2D eigenvalue weighted by Gasteiger charge is 2.31. The van der Waals surface area contributed by atoms with E-state index in [-0.39, 0.29) is 33.6 Å². The molecule has 0 spiro atoms. The number of esters is 1. The first kappa shape index (κ1) is 21.5. The van der Waals surface area contributed by atoms with Crippen molar-refractivity contribution >= 4 is 50.3 Å². The molecular formula is C17H17ClN4O5S2. The minimum atomic E-state index is -2.57. The molecule has 0 aliphatic heterocycles. The number of ketones is 1. The van der Waals surface area contributed by atoms with Crippen LogP contribution < -0.4 is 0 Å². The number of hydrogen-bond acceptors (Lipinski definition) is 9. The standard InChI is InChI=1S/C17H17ClN4O5S2/c1-9-13(8-22-17(28-2)19-20-21-22)15(18)12(7-14(9)29(25)26)16(24)27-11-5-3-4-10(23)6-11/h6-7,9H,3-5,8H2,1-2H3. The molecule has 0 bridgehead atoms. The smallest absolute Gasteiger partial charge is 0.344 e. The highest BCUT2D eigenvalue weighted by molar-refractivity contribution is 7.98. The minimum absolute atomic E-state index is 0.00354. The number of aromatic nitrogens is 4. The monoisotopic (exact) mass is 456 g/mol. The zero-order valence-corrected chi connectivity index (χ0v) is 18.0.